The quantitative estimate of drug-likeness (QED) is 0.544. The SMILES string of the molecule is C#CCn1ncc(-c2ccc(C[SH](=O)=O)cc2)c(-c2ccc(F)cc2)c1=O. The molecule has 7 heteroatoms. The zero-order valence-corrected chi connectivity index (χ0v) is 15.0. The number of benzene rings is 2. The van der Waals surface area contributed by atoms with Gasteiger partial charge < -0.3 is 0 Å². The lowest BCUT2D eigenvalue weighted by molar-refractivity contribution is 0.614. The number of terminal acetylenes is 1. The van der Waals surface area contributed by atoms with Crippen LogP contribution in [-0.4, -0.2) is 18.2 Å². The second-order valence-electron chi connectivity index (χ2n) is 5.79. The lowest BCUT2D eigenvalue weighted by Crippen LogP contribution is -2.24. The highest BCUT2D eigenvalue weighted by Crippen LogP contribution is 2.29. The summed E-state index contributed by atoms with van der Waals surface area (Å²) in [6.07, 6.45) is 6.82. The van der Waals surface area contributed by atoms with E-state index in [1.165, 1.54) is 35.1 Å². The molecule has 0 bridgehead atoms. The normalized spacial score (nSPS) is 10.7. The molecule has 1 aromatic heterocycles. The van der Waals surface area contributed by atoms with Gasteiger partial charge in [0.2, 0.25) is 0 Å². The highest BCUT2D eigenvalue weighted by Gasteiger charge is 2.15. The average Bonchev–Trinajstić information content (AvgIpc) is 2.65. The fourth-order valence-electron chi connectivity index (χ4n) is 2.74. The van der Waals surface area contributed by atoms with Crippen molar-refractivity contribution in [3.05, 3.63) is 76.5 Å². The minimum absolute atomic E-state index is 0.0167. The monoisotopic (exact) mass is 382 g/mol. The summed E-state index contributed by atoms with van der Waals surface area (Å²) in [7, 11) is -2.52. The maximum Gasteiger partial charge on any atom is 0.276 e. The standard InChI is InChI=1S/C20H15FN2O3S/c1-2-11-23-20(24)19(16-7-9-17(21)10-8-16)18(12-22-23)15-5-3-14(4-6-15)13-27(25)26/h1,3-10,12,27H,11,13H2. The van der Waals surface area contributed by atoms with Crippen LogP contribution in [0.3, 0.4) is 0 Å². The fraction of sp³-hybridized carbons (Fsp3) is 0.100. The van der Waals surface area contributed by atoms with E-state index in [0.717, 1.165) is 0 Å². The van der Waals surface area contributed by atoms with Gasteiger partial charge in [0.25, 0.3) is 5.56 Å². The van der Waals surface area contributed by atoms with Crippen molar-refractivity contribution in [3.8, 4) is 34.6 Å². The molecule has 3 rings (SSSR count). The summed E-state index contributed by atoms with van der Waals surface area (Å²) in [5.41, 5.74) is 2.39. The molecule has 0 N–H and O–H groups in total. The van der Waals surface area contributed by atoms with E-state index >= 15 is 0 Å². The largest absolute Gasteiger partial charge is 0.276 e. The minimum Gasteiger partial charge on any atom is -0.267 e. The number of hydrogen-bond donors (Lipinski definition) is 1. The Kier molecular flexibility index (Phi) is 5.48. The van der Waals surface area contributed by atoms with Crippen LogP contribution in [0, 0.1) is 18.2 Å². The third-order valence-electron chi connectivity index (χ3n) is 3.99. The van der Waals surface area contributed by atoms with Gasteiger partial charge in [-0.2, -0.15) is 5.10 Å². The Morgan fingerprint density at radius 2 is 1.67 bits per heavy atom. The van der Waals surface area contributed by atoms with E-state index in [0.29, 0.717) is 27.8 Å². The predicted molar refractivity (Wildman–Crippen MR) is 102 cm³/mol. The van der Waals surface area contributed by atoms with Crippen LogP contribution >= 0.6 is 0 Å². The summed E-state index contributed by atoms with van der Waals surface area (Å²) < 4.78 is 36.2. The molecule has 0 fully saturated rings. The van der Waals surface area contributed by atoms with Gasteiger partial charge in [-0.15, -0.1) is 6.42 Å². The van der Waals surface area contributed by atoms with Crippen LogP contribution in [0.25, 0.3) is 22.3 Å². The van der Waals surface area contributed by atoms with Crippen LogP contribution in [0.5, 0.6) is 0 Å². The maximum atomic E-state index is 13.3. The van der Waals surface area contributed by atoms with Crippen molar-refractivity contribution < 1.29 is 12.8 Å². The molecule has 0 unspecified atom stereocenters. The van der Waals surface area contributed by atoms with Gasteiger partial charge in [0, 0.05) is 5.56 Å². The van der Waals surface area contributed by atoms with Gasteiger partial charge >= 0.3 is 0 Å². The molecule has 5 nitrogen and oxygen atoms in total. The lowest BCUT2D eigenvalue weighted by atomic mass is 9.96. The van der Waals surface area contributed by atoms with Crippen molar-refractivity contribution in [1.82, 2.24) is 9.78 Å². The lowest BCUT2D eigenvalue weighted by Gasteiger charge is -2.12. The molecular weight excluding hydrogens is 367 g/mol. The van der Waals surface area contributed by atoms with Crippen molar-refractivity contribution in [2.45, 2.75) is 12.3 Å². The summed E-state index contributed by atoms with van der Waals surface area (Å²) in [5, 5.41) is 4.11. The molecular formula is C20H15FN2O3S. The van der Waals surface area contributed by atoms with Crippen molar-refractivity contribution in [1.29, 1.82) is 0 Å². The second kappa shape index (κ2) is 7.98. The summed E-state index contributed by atoms with van der Waals surface area (Å²) in [6, 6.07) is 12.4. The van der Waals surface area contributed by atoms with Crippen LogP contribution in [0.1, 0.15) is 5.56 Å². The molecule has 136 valence electrons. The van der Waals surface area contributed by atoms with Crippen molar-refractivity contribution in [2.24, 2.45) is 0 Å². The number of nitrogens with zero attached hydrogens (tertiary/aromatic N) is 2. The van der Waals surface area contributed by atoms with E-state index in [4.69, 9.17) is 6.42 Å². The molecule has 0 amide bonds. The number of thiol groups is 1. The Bertz CT molecular complexity index is 1130. The second-order valence-corrected chi connectivity index (χ2v) is 6.78. The van der Waals surface area contributed by atoms with E-state index < -0.39 is 16.5 Å². The summed E-state index contributed by atoms with van der Waals surface area (Å²) in [5.74, 6) is 1.92. The first-order chi connectivity index (χ1) is 13.0. The molecule has 3 aromatic rings. The average molecular weight is 382 g/mol. The van der Waals surface area contributed by atoms with Gasteiger partial charge in [-0.05, 0) is 28.8 Å². The fourth-order valence-corrected chi connectivity index (χ4v) is 3.25. The molecule has 2 aromatic carbocycles. The molecule has 27 heavy (non-hydrogen) atoms. The number of aromatic nitrogens is 2. The van der Waals surface area contributed by atoms with Crippen LogP contribution in [0.2, 0.25) is 0 Å². The Morgan fingerprint density at radius 3 is 2.26 bits per heavy atom. The van der Waals surface area contributed by atoms with Gasteiger partial charge in [-0.3, -0.25) is 4.79 Å². The molecule has 0 spiro atoms. The van der Waals surface area contributed by atoms with Gasteiger partial charge in [0.15, 0.2) is 0 Å². The first kappa shape index (κ1) is 18.5. The maximum absolute atomic E-state index is 13.3. The summed E-state index contributed by atoms with van der Waals surface area (Å²) in [4.78, 5) is 12.9. The number of hydrogen-bond acceptors (Lipinski definition) is 4. The van der Waals surface area contributed by atoms with Crippen molar-refractivity contribution in [3.63, 3.8) is 0 Å². The van der Waals surface area contributed by atoms with Crippen molar-refractivity contribution in [2.75, 3.05) is 0 Å². The topological polar surface area (TPSA) is 69.0 Å². The van der Waals surface area contributed by atoms with Gasteiger partial charge in [0.1, 0.15) is 23.1 Å². The molecule has 0 saturated carbocycles. The number of rotatable bonds is 5. The molecule has 0 aliphatic rings. The Morgan fingerprint density at radius 1 is 1.04 bits per heavy atom. The van der Waals surface area contributed by atoms with E-state index in [9.17, 15) is 17.6 Å². The smallest absolute Gasteiger partial charge is 0.267 e. The predicted octanol–water partition coefficient (Wildman–Crippen LogP) is 2.46. The van der Waals surface area contributed by atoms with E-state index in [2.05, 4.69) is 11.0 Å². The Labute approximate surface area is 157 Å². The van der Waals surface area contributed by atoms with Crippen molar-refractivity contribution >= 4 is 10.7 Å². The zero-order valence-electron chi connectivity index (χ0n) is 14.1. The zero-order chi connectivity index (χ0) is 19.4. The molecule has 0 saturated heterocycles. The highest BCUT2D eigenvalue weighted by atomic mass is 32.2. The van der Waals surface area contributed by atoms with Gasteiger partial charge in [-0.25, -0.2) is 17.5 Å². The van der Waals surface area contributed by atoms with E-state index in [1.807, 2.05) is 0 Å². The third kappa shape index (κ3) is 4.13. The van der Waals surface area contributed by atoms with E-state index in [1.54, 1.807) is 24.3 Å². The van der Waals surface area contributed by atoms with Crippen LogP contribution in [0.15, 0.2) is 59.5 Å². The first-order valence-corrected chi connectivity index (χ1v) is 9.36. The van der Waals surface area contributed by atoms with Crippen LogP contribution in [0.4, 0.5) is 4.39 Å². The summed E-state index contributed by atoms with van der Waals surface area (Å²) >= 11 is 0. The Balaban J connectivity index is 2.17. The summed E-state index contributed by atoms with van der Waals surface area (Å²) in [6.45, 7) is 0.0167. The molecule has 0 radical (unpaired) electrons. The molecule has 0 aliphatic heterocycles. The first-order valence-electron chi connectivity index (χ1n) is 8.00. The Hall–Kier alpha value is -3.24. The third-order valence-corrected chi connectivity index (χ3v) is 4.62. The van der Waals surface area contributed by atoms with Gasteiger partial charge in [-0.1, -0.05) is 42.3 Å². The molecule has 1 heterocycles. The van der Waals surface area contributed by atoms with Crippen LogP contribution in [-0.2, 0) is 23.0 Å². The molecule has 0 aliphatic carbocycles. The number of halogens is 1. The highest BCUT2D eigenvalue weighted by molar-refractivity contribution is 7.71. The van der Waals surface area contributed by atoms with E-state index in [-0.39, 0.29) is 17.9 Å². The minimum atomic E-state index is -2.52. The molecule has 0 atom stereocenters. The van der Waals surface area contributed by atoms with Gasteiger partial charge in [0.05, 0.1) is 17.5 Å². The van der Waals surface area contributed by atoms with Crippen LogP contribution < -0.4 is 5.56 Å².